The van der Waals surface area contributed by atoms with Crippen LogP contribution >= 0.6 is 0 Å². The molecule has 1 rings (SSSR count). The Bertz CT molecular complexity index is 739. The maximum Gasteiger partial charge on any atom is 0.407 e. The molecule has 9 heteroatoms. The quantitative estimate of drug-likeness (QED) is 0.293. The molecule has 2 atom stereocenters. The number of methoxy groups -OCH3 is 1. The van der Waals surface area contributed by atoms with E-state index in [2.05, 4.69) is 16.0 Å². The van der Waals surface area contributed by atoms with Gasteiger partial charge in [-0.15, -0.1) is 0 Å². The molecule has 1 aromatic carbocycles. The topological polar surface area (TPSA) is 123 Å². The van der Waals surface area contributed by atoms with E-state index in [1.807, 2.05) is 44.2 Å². The summed E-state index contributed by atoms with van der Waals surface area (Å²) in [6.45, 7) is 6.11. The number of Topliss-reactive ketones (excluding diaryl/α,β-unsaturated/α-hetero) is 1. The van der Waals surface area contributed by atoms with Crippen molar-refractivity contribution in [2.24, 2.45) is 5.92 Å². The van der Waals surface area contributed by atoms with Crippen LogP contribution in [0.3, 0.4) is 0 Å². The van der Waals surface area contributed by atoms with E-state index < -0.39 is 35.8 Å². The number of nitrogens with one attached hydrogen (secondary N) is 3. The van der Waals surface area contributed by atoms with Crippen LogP contribution in [0.5, 0.6) is 0 Å². The highest BCUT2D eigenvalue weighted by Crippen LogP contribution is 2.09. The van der Waals surface area contributed by atoms with Crippen LogP contribution < -0.4 is 16.0 Å². The predicted molar refractivity (Wildman–Crippen MR) is 120 cm³/mol. The molecule has 0 fully saturated rings. The molecule has 0 aliphatic rings. The SMILES string of the molecule is CCNC(=O)C(=O)[C@H](CCc1ccccc1)NC(=O)[C@H](CC(C)C)NC(=O)OCCOC. The summed E-state index contributed by atoms with van der Waals surface area (Å²) in [4.78, 5) is 49.8. The van der Waals surface area contributed by atoms with E-state index in [4.69, 9.17) is 9.47 Å². The number of ketones is 1. The smallest absolute Gasteiger partial charge is 0.407 e. The predicted octanol–water partition coefficient (Wildman–Crippen LogP) is 1.60. The van der Waals surface area contributed by atoms with Crippen LogP contribution in [-0.4, -0.2) is 62.6 Å². The summed E-state index contributed by atoms with van der Waals surface area (Å²) in [5.41, 5.74) is 0.981. The number of hydrogen-bond acceptors (Lipinski definition) is 6. The standard InChI is InChI=1S/C23H35N3O6/c1-5-24-22(29)20(27)18(12-11-17-9-7-6-8-10-17)25-21(28)19(15-16(2)3)26-23(30)32-14-13-31-4/h6-10,16,18-19H,5,11-15H2,1-4H3,(H,24,29)(H,25,28)(H,26,30)/t18-,19-/m0/s1. The van der Waals surface area contributed by atoms with Crippen molar-refractivity contribution in [1.29, 1.82) is 0 Å². The van der Waals surface area contributed by atoms with Crippen molar-refractivity contribution in [1.82, 2.24) is 16.0 Å². The number of rotatable bonds is 14. The second kappa shape index (κ2) is 15.0. The highest BCUT2D eigenvalue weighted by molar-refractivity contribution is 6.38. The van der Waals surface area contributed by atoms with Crippen molar-refractivity contribution in [2.45, 2.75) is 52.1 Å². The molecule has 9 nitrogen and oxygen atoms in total. The van der Waals surface area contributed by atoms with E-state index in [1.54, 1.807) is 6.92 Å². The van der Waals surface area contributed by atoms with E-state index in [-0.39, 0.29) is 25.6 Å². The number of hydrogen-bond donors (Lipinski definition) is 3. The Kier molecular flexibility index (Phi) is 12.7. The number of alkyl carbamates (subject to hydrolysis) is 1. The van der Waals surface area contributed by atoms with Crippen molar-refractivity contribution < 1.29 is 28.7 Å². The lowest BCUT2D eigenvalue weighted by atomic mass is 9.99. The first kappa shape index (κ1) is 27.1. The molecule has 0 unspecified atom stereocenters. The summed E-state index contributed by atoms with van der Waals surface area (Å²) < 4.78 is 9.82. The van der Waals surface area contributed by atoms with E-state index >= 15 is 0 Å². The summed E-state index contributed by atoms with van der Waals surface area (Å²) >= 11 is 0. The molecule has 0 aliphatic heterocycles. The molecule has 32 heavy (non-hydrogen) atoms. The molecule has 3 N–H and O–H groups in total. The zero-order valence-corrected chi connectivity index (χ0v) is 19.3. The minimum Gasteiger partial charge on any atom is -0.447 e. The van der Waals surface area contributed by atoms with Gasteiger partial charge >= 0.3 is 6.09 Å². The van der Waals surface area contributed by atoms with Crippen molar-refractivity contribution in [3.63, 3.8) is 0 Å². The Morgan fingerprint density at radius 1 is 0.969 bits per heavy atom. The maximum atomic E-state index is 13.0. The van der Waals surface area contributed by atoms with Crippen molar-refractivity contribution in [3.05, 3.63) is 35.9 Å². The van der Waals surface area contributed by atoms with Gasteiger partial charge in [0, 0.05) is 13.7 Å². The molecule has 0 spiro atoms. The second-order valence-electron chi connectivity index (χ2n) is 7.76. The Balaban J connectivity index is 2.90. The normalized spacial score (nSPS) is 12.5. The lowest BCUT2D eigenvalue weighted by Crippen LogP contribution is -2.54. The van der Waals surface area contributed by atoms with Gasteiger partial charge in [0.2, 0.25) is 11.7 Å². The molecule has 0 aliphatic carbocycles. The average molecular weight is 450 g/mol. The van der Waals surface area contributed by atoms with Crippen LogP contribution in [0.15, 0.2) is 30.3 Å². The maximum absolute atomic E-state index is 13.0. The number of carbonyl (C=O) groups is 4. The second-order valence-corrected chi connectivity index (χ2v) is 7.76. The van der Waals surface area contributed by atoms with Gasteiger partial charge < -0.3 is 25.4 Å². The molecule has 0 bridgehead atoms. The third-order valence-electron chi connectivity index (χ3n) is 4.59. The molecule has 1 aromatic rings. The lowest BCUT2D eigenvalue weighted by molar-refractivity contribution is -0.140. The van der Waals surface area contributed by atoms with Gasteiger partial charge in [0.15, 0.2) is 0 Å². The third kappa shape index (κ3) is 10.4. The summed E-state index contributed by atoms with van der Waals surface area (Å²) in [5.74, 6) is -1.93. The molecule has 0 radical (unpaired) electrons. The summed E-state index contributed by atoms with van der Waals surface area (Å²) in [5, 5.41) is 7.68. The van der Waals surface area contributed by atoms with Gasteiger partial charge in [-0.3, -0.25) is 14.4 Å². The zero-order chi connectivity index (χ0) is 23.9. The van der Waals surface area contributed by atoms with E-state index in [0.717, 1.165) is 5.56 Å². The van der Waals surface area contributed by atoms with Crippen LogP contribution in [0.4, 0.5) is 4.79 Å². The van der Waals surface area contributed by atoms with E-state index in [9.17, 15) is 19.2 Å². The van der Waals surface area contributed by atoms with Gasteiger partial charge in [0.05, 0.1) is 12.6 Å². The number of likely N-dealkylation sites (N-methyl/N-ethyl adjacent to an activating group) is 1. The highest BCUT2D eigenvalue weighted by Gasteiger charge is 2.30. The summed E-state index contributed by atoms with van der Waals surface area (Å²) in [6, 6.07) is 7.54. The van der Waals surface area contributed by atoms with Crippen molar-refractivity contribution in [2.75, 3.05) is 26.9 Å². The molecular formula is C23H35N3O6. The van der Waals surface area contributed by atoms with Crippen LogP contribution in [0.2, 0.25) is 0 Å². The van der Waals surface area contributed by atoms with Gasteiger partial charge in [0.1, 0.15) is 12.6 Å². The fraction of sp³-hybridized carbons (Fsp3) is 0.565. The van der Waals surface area contributed by atoms with Gasteiger partial charge in [-0.25, -0.2) is 4.79 Å². The van der Waals surface area contributed by atoms with Gasteiger partial charge in [-0.1, -0.05) is 44.2 Å². The Labute approximate surface area is 189 Å². The summed E-state index contributed by atoms with van der Waals surface area (Å²) in [7, 11) is 1.48. The third-order valence-corrected chi connectivity index (χ3v) is 4.59. The van der Waals surface area contributed by atoms with Gasteiger partial charge in [-0.2, -0.15) is 0 Å². The first-order valence-electron chi connectivity index (χ1n) is 10.9. The van der Waals surface area contributed by atoms with Crippen LogP contribution in [0.25, 0.3) is 0 Å². The van der Waals surface area contributed by atoms with Gasteiger partial charge in [-0.05, 0) is 37.7 Å². The van der Waals surface area contributed by atoms with E-state index in [1.165, 1.54) is 7.11 Å². The van der Waals surface area contributed by atoms with E-state index in [0.29, 0.717) is 19.4 Å². The first-order valence-corrected chi connectivity index (χ1v) is 10.9. The minimum absolute atomic E-state index is 0.0493. The minimum atomic E-state index is -1.02. The zero-order valence-electron chi connectivity index (χ0n) is 19.3. The average Bonchev–Trinajstić information content (AvgIpc) is 2.76. The first-order chi connectivity index (χ1) is 15.3. The lowest BCUT2D eigenvalue weighted by Gasteiger charge is -2.23. The van der Waals surface area contributed by atoms with Crippen LogP contribution in [0.1, 0.15) is 39.2 Å². The Hall–Kier alpha value is -2.94. The fourth-order valence-electron chi connectivity index (χ4n) is 3.01. The number of carbonyl (C=O) groups excluding carboxylic acids is 4. The largest absolute Gasteiger partial charge is 0.447 e. The number of benzene rings is 1. The fourth-order valence-corrected chi connectivity index (χ4v) is 3.01. The molecule has 178 valence electrons. The molecule has 0 aromatic heterocycles. The Morgan fingerprint density at radius 2 is 1.66 bits per heavy atom. The molecule has 3 amide bonds. The molecule has 0 saturated heterocycles. The van der Waals surface area contributed by atoms with Crippen molar-refractivity contribution >= 4 is 23.7 Å². The molecular weight excluding hydrogens is 414 g/mol. The van der Waals surface area contributed by atoms with Crippen molar-refractivity contribution in [3.8, 4) is 0 Å². The van der Waals surface area contributed by atoms with Crippen LogP contribution in [0, 0.1) is 5.92 Å². The molecule has 0 heterocycles. The number of ether oxygens (including phenoxy) is 2. The summed E-state index contributed by atoms with van der Waals surface area (Å²) in [6.07, 6.45) is 0.335. The van der Waals surface area contributed by atoms with Crippen LogP contribution in [-0.2, 0) is 30.3 Å². The number of amides is 3. The van der Waals surface area contributed by atoms with Gasteiger partial charge in [0.25, 0.3) is 5.91 Å². The molecule has 0 saturated carbocycles. The monoisotopic (exact) mass is 449 g/mol. The number of aryl methyl sites for hydroxylation is 1. The highest BCUT2D eigenvalue weighted by atomic mass is 16.6. The Morgan fingerprint density at radius 3 is 2.25 bits per heavy atom.